The molecule has 1 aromatic rings. The molecule has 2 aliphatic rings. The zero-order valence-electron chi connectivity index (χ0n) is 19.3. The first-order chi connectivity index (χ1) is 16.1. The molecule has 1 N–H and O–H groups in total. The zero-order chi connectivity index (χ0) is 23.5. The van der Waals surface area contributed by atoms with Gasteiger partial charge < -0.3 is 19.6 Å². The van der Waals surface area contributed by atoms with Crippen LogP contribution >= 0.6 is 0 Å². The molecule has 6 nitrogen and oxygen atoms in total. The van der Waals surface area contributed by atoms with Crippen molar-refractivity contribution >= 4 is 17.4 Å². The number of benzene rings is 1. The van der Waals surface area contributed by atoms with E-state index in [1.807, 2.05) is 23.1 Å². The number of carbonyl (C=O) groups excluding carboxylic acids is 1. The first-order valence-corrected chi connectivity index (χ1v) is 11.7. The van der Waals surface area contributed by atoms with E-state index >= 15 is 0 Å². The minimum Gasteiger partial charge on any atom is -0.508 e. The van der Waals surface area contributed by atoms with Gasteiger partial charge in [-0.3, -0.25) is 4.79 Å². The molecular weight excluding hydrogens is 416 g/mol. The van der Waals surface area contributed by atoms with Crippen molar-refractivity contribution in [2.24, 2.45) is 5.16 Å². The van der Waals surface area contributed by atoms with Crippen molar-refractivity contribution in [3.05, 3.63) is 72.4 Å². The van der Waals surface area contributed by atoms with Crippen LogP contribution < -0.4 is 0 Å². The quantitative estimate of drug-likeness (QED) is 0.643. The molecule has 1 amide bonds. The van der Waals surface area contributed by atoms with E-state index in [0.29, 0.717) is 24.5 Å². The number of likely N-dealkylation sites (tertiary alicyclic amines) is 1. The van der Waals surface area contributed by atoms with Crippen LogP contribution in [0.1, 0.15) is 49.7 Å². The average molecular weight is 451 g/mol. The molecule has 0 aliphatic carbocycles. The van der Waals surface area contributed by atoms with Gasteiger partial charge in [-0.1, -0.05) is 36.5 Å². The van der Waals surface area contributed by atoms with E-state index in [4.69, 9.17) is 9.57 Å². The highest BCUT2D eigenvalue weighted by Gasteiger charge is 2.17. The van der Waals surface area contributed by atoms with Gasteiger partial charge in [0.1, 0.15) is 11.5 Å². The van der Waals surface area contributed by atoms with Gasteiger partial charge in [-0.05, 0) is 67.5 Å². The van der Waals surface area contributed by atoms with Crippen LogP contribution in [0.4, 0.5) is 0 Å². The topological polar surface area (TPSA) is 71.4 Å². The Kier molecular flexibility index (Phi) is 9.36. The Hall–Kier alpha value is -3.28. The van der Waals surface area contributed by atoms with Crippen molar-refractivity contribution in [1.29, 1.82) is 0 Å². The normalized spacial score (nSPS) is 21.7. The molecule has 0 spiro atoms. The van der Waals surface area contributed by atoms with Crippen molar-refractivity contribution < 1.29 is 19.5 Å². The predicted molar refractivity (Wildman–Crippen MR) is 132 cm³/mol. The van der Waals surface area contributed by atoms with Crippen molar-refractivity contribution in [1.82, 2.24) is 4.90 Å². The number of phenolic OH excluding ortho intramolecular Hbond substituents is 1. The minimum absolute atomic E-state index is 0.0363. The minimum atomic E-state index is -0.0779. The molecule has 0 aromatic heterocycles. The van der Waals surface area contributed by atoms with Crippen molar-refractivity contribution in [2.75, 3.05) is 26.3 Å². The molecule has 1 fully saturated rings. The maximum atomic E-state index is 12.4. The van der Waals surface area contributed by atoms with E-state index in [0.717, 1.165) is 61.9 Å². The van der Waals surface area contributed by atoms with Crippen LogP contribution in [-0.2, 0) is 20.8 Å². The molecule has 0 saturated carbocycles. The summed E-state index contributed by atoms with van der Waals surface area (Å²) in [6.45, 7) is 9.95. The molecule has 0 atom stereocenters. The van der Waals surface area contributed by atoms with Gasteiger partial charge in [0.05, 0.1) is 12.3 Å². The SMILES string of the molecule is C=C/C1=C\CC/C=C/C(=N/OCC(=O)N2CCCCC2)Cc2cc(O)ccc2C(=C)OCC1. The third-order valence-corrected chi connectivity index (χ3v) is 5.82. The summed E-state index contributed by atoms with van der Waals surface area (Å²) in [5.74, 6) is 0.657. The van der Waals surface area contributed by atoms with Crippen molar-refractivity contribution in [3.8, 4) is 5.75 Å². The summed E-state index contributed by atoms with van der Waals surface area (Å²) in [7, 11) is 0. The number of hydrogen-bond acceptors (Lipinski definition) is 5. The summed E-state index contributed by atoms with van der Waals surface area (Å²) in [6, 6.07) is 5.10. The Morgan fingerprint density at radius 3 is 2.85 bits per heavy atom. The highest BCUT2D eigenvalue weighted by atomic mass is 16.6. The highest BCUT2D eigenvalue weighted by Crippen LogP contribution is 2.25. The fourth-order valence-corrected chi connectivity index (χ4v) is 3.96. The number of hydrogen-bond donors (Lipinski definition) is 1. The van der Waals surface area contributed by atoms with Gasteiger partial charge in [-0.15, -0.1) is 0 Å². The number of piperidine rings is 1. The fraction of sp³-hybridized carbons (Fsp3) is 0.407. The van der Waals surface area contributed by atoms with Crippen LogP contribution in [0.5, 0.6) is 5.75 Å². The Morgan fingerprint density at radius 2 is 2.06 bits per heavy atom. The third kappa shape index (κ3) is 7.67. The number of rotatable bonds is 4. The van der Waals surface area contributed by atoms with Gasteiger partial charge in [-0.2, -0.15) is 0 Å². The molecular formula is C27H34N2O4. The molecule has 2 aliphatic heterocycles. The van der Waals surface area contributed by atoms with Crippen molar-refractivity contribution in [2.45, 2.75) is 44.9 Å². The number of amides is 1. The number of carbonyl (C=O) groups is 1. The second-order valence-electron chi connectivity index (χ2n) is 8.30. The Balaban J connectivity index is 1.79. The average Bonchev–Trinajstić information content (AvgIpc) is 2.82. The largest absolute Gasteiger partial charge is 0.508 e. The first kappa shape index (κ1) is 24.4. The van der Waals surface area contributed by atoms with E-state index in [1.165, 1.54) is 6.42 Å². The van der Waals surface area contributed by atoms with Gasteiger partial charge in [-0.25, -0.2) is 0 Å². The second kappa shape index (κ2) is 12.7. The van der Waals surface area contributed by atoms with E-state index < -0.39 is 0 Å². The molecule has 0 unspecified atom stereocenters. The molecule has 176 valence electrons. The maximum absolute atomic E-state index is 12.4. The summed E-state index contributed by atoms with van der Waals surface area (Å²) in [4.78, 5) is 19.7. The Morgan fingerprint density at radius 1 is 1.24 bits per heavy atom. The van der Waals surface area contributed by atoms with Gasteiger partial charge in [0.15, 0.2) is 6.61 Å². The Labute approximate surface area is 196 Å². The number of phenols is 1. The van der Waals surface area contributed by atoms with Gasteiger partial charge in [0, 0.05) is 31.5 Å². The number of oxime groups is 1. The molecule has 6 heteroatoms. The van der Waals surface area contributed by atoms with Gasteiger partial charge >= 0.3 is 0 Å². The summed E-state index contributed by atoms with van der Waals surface area (Å²) in [5, 5.41) is 14.3. The second-order valence-corrected chi connectivity index (χ2v) is 8.30. The zero-order valence-corrected chi connectivity index (χ0v) is 19.3. The molecule has 1 aromatic carbocycles. The van der Waals surface area contributed by atoms with Crippen LogP contribution in [0.15, 0.2) is 66.4 Å². The lowest BCUT2D eigenvalue weighted by Crippen LogP contribution is -2.37. The van der Waals surface area contributed by atoms with Crippen LogP contribution in [0.25, 0.3) is 5.76 Å². The van der Waals surface area contributed by atoms with E-state index in [2.05, 4.69) is 24.4 Å². The standard InChI is InChI=1S/C27H34N2O4/c1-3-22-10-6-4-7-11-24(28-33-20-27(31)29-15-8-5-9-16-29)18-23-19-25(30)12-13-26(23)21(2)32-17-14-22/h3,7,10-13,19,30H,1-2,4-6,8-9,14-18,20H2/b11-7+,22-10+,28-24-. The number of aromatic hydroxyl groups is 1. The smallest absolute Gasteiger partial charge is 0.263 e. The lowest BCUT2D eigenvalue weighted by atomic mass is 9.99. The molecule has 1 saturated heterocycles. The van der Waals surface area contributed by atoms with Crippen molar-refractivity contribution in [3.63, 3.8) is 0 Å². The van der Waals surface area contributed by atoms with Gasteiger partial charge in [0.25, 0.3) is 5.91 Å². The van der Waals surface area contributed by atoms with Crippen LogP contribution in [0.2, 0.25) is 0 Å². The summed E-state index contributed by atoms with van der Waals surface area (Å²) < 4.78 is 5.90. The molecule has 2 heterocycles. The van der Waals surface area contributed by atoms with E-state index in [9.17, 15) is 9.90 Å². The van der Waals surface area contributed by atoms with E-state index in [1.54, 1.807) is 18.2 Å². The van der Waals surface area contributed by atoms with Crippen LogP contribution in [0.3, 0.4) is 0 Å². The number of fused-ring (bicyclic) bond motifs is 1. The monoisotopic (exact) mass is 450 g/mol. The molecule has 3 rings (SSSR count). The number of nitrogens with zero attached hydrogens (tertiary/aromatic N) is 2. The van der Waals surface area contributed by atoms with Crippen LogP contribution in [0, 0.1) is 0 Å². The predicted octanol–water partition coefficient (Wildman–Crippen LogP) is 5.16. The highest BCUT2D eigenvalue weighted by molar-refractivity contribution is 5.96. The lowest BCUT2D eigenvalue weighted by molar-refractivity contribution is -0.137. The molecule has 0 radical (unpaired) electrons. The van der Waals surface area contributed by atoms with E-state index in [-0.39, 0.29) is 18.3 Å². The lowest BCUT2D eigenvalue weighted by Gasteiger charge is -2.26. The Bertz CT molecular complexity index is 939. The van der Waals surface area contributed by atoms with Gasteiger partial charge in [0.2, 0.25) is 0 Å². The maximum Gasteiger partial charge on any atom is 0.263 e. The first-order valence-electron chi connectivity index (χ1n) is 11.7. The summed E-state index contributed by atoms with van der Waals surface area (Å²) in [5.41, 5.74) is 3.42. The fourth-order valence-electron chi connectivity index (χ4n) is 3.96. The summed E-state index contributed by atoms with van der Waals surface area (Å²) in [6.07, 6.45) is 14.1. The summed E-state index contributed by atoms with van der Waals surface area (Å²) >= 11 is 0. The molecule has 33 heavy (non-hydrogen) atoms. The van der Waals surface area contributed by atoms with Crippen LogP contribution in [-0.4, -0.2) is 47.9 Å². The number of allylic oxidation sites excluding steroid dienone is 4. The third-order valence-electron chi connectivity index (χ3n) is 5.82. The molecule has 0 bridgehead atoms. The number of ether oxygens (including phenoxy) is 1.